The quantitative estimate of drug-likeness (QED) is 0.465. The van der Waals surface area contributed by atoms with Gasteiger partial charge in [-0.1, -0.05) is 84.9 Å². The van der Waals surface area contributed by atoms with Gasteiger partial charge in [-0.15, -0.1) is 0 Å². The minimum absolute atomic E-state index is 0.0127. The van der Waals surface area contributed by atoms with Gasteiger partial charge in [-0.25, -0.2) is 0 Å². The van der Waals surface area contributed by atoms with Crippen LogP contribution in [0.5, 0.6) is 0 Å². The number of carbonyl (C=O) groups is 3. The first kappa shape index (κ1) is 24.2. The van der Waals surface area contributed by atoms with Gasteiger partial charge in [0.15, 0.2) is 0 Å². The lowest BCUT2D eigenvalue weighted by Crippen LogP contribution is -2.48. The van der Waals surface area contributed by atoms with E-state index < -0.39 is 18.1 Å². The molecule has 2 amide bonds. The molecule has 6 nitrogen and oxygen atoms in total. The minimum atomic E-state index is -0.738. The zero-order valence-corrected chi connectivity index (χ0v) is 19.8. The number of fused-ring (bicyclic) bond motifs is 1. The topological polar surface area (TPSA) is 84.5 Å². The van der Waals surface area contributed by atoms with Crippen LogP contribution in [0.25, 0.3) is 0 Å². The van der Waals surface area contributed by atoms with Crippen LogP contribution in [0.15, 0.2) is 84.9 Å². The highest BCUT2D eigenvalue weighted by atomic mass is 16.5. The number of rotatable bonds is 9. The van der Waals surface area contributed by atoms with Gasteiger partial charge >= 0.3 is 5.97 Å². The second-order valence-corrected chi connectivity index (χ2v) is 8.93. The van der Waals surface area contributed by atoms with Gasteiger partial charge in [0.1, 0.15) is 12.6 Å². The van der Waals surface area contributed by atoms with Gasteiger partial charge in [-0.2, -0.15) is 0 Å². The van der Waals surface area contributed by atoms with Crippen LogP contribution in [0.2, 0.25) is 0 Å². The lowest BCUT2D eigenvalue weighted by Gasteiger charge is -2.22. The molecule has 0 saturated heterocycles. The average molecular weight is 471 g/mol. The number of amides is 2. The Hall–Kier alpha value is -3.93. The van der Waals surface area contributed by atoms with Crippen LogP contribution in [0.3, 0.4) is 0 Å². The Morgan fingerprint density at radius 3 is 2.03 bits per heavy atom. The molecule has 0 saturated carbocycles. The van der Waals surface area contributed by atoms with Crippen LogP contribution in [-0.2, 0) is 38.6 Å². The SMILES string of the molecule is C[C@H](NC(=O)C1Cc2ccccc2C1)C(=O)NC(CC(=O)OCc1ccccc1)c1ccccc1. The Morgan fingerprint density at radius 2 is 1.40 bits per heavy atom. The Labute approximate surface area is 205 Å². The van der Waals surface area contributed by atoms with Gasteiger partial charge in [0.25, 0.3) is 0 Å². The Morgan fingerprint density at radius 1 is 0.829 bits per heavy atom. The molecule has 0 fully saturated rings. The lowest BCUT2D eigenvalue weighted by atomic mass is 10.0. The van der Waals surface area contributed by atoms with Gasteiger partial charge < -0.3 is 15.4 Å². The van der Waals surface area contributed by atoms with Crippen molar-refractivity contribution in [1.82, 2.24) is 10.6 Å². The fourth-order valence-electron chi connectivity index (χ4n) is 4.34. The second-order valence-electron chi connectivity index (χ2n) is 8.93. The molecule has 0 bridgehead atoms. The summed E-state index contributed by atoms with van der Waals surface area (Å²) in [5.41, 5.74) is 4.06. The van der Waals surface area contributed by atoms with E-state index in [-0.39, 0.29) is 30.8 Å². The molecule has 4 rings (SSSR count). The summed E-state index contributed by atoms with van der Waals surface area (Å²) >= 11 is 0. The van der Waals surface area contributed by atoms with Gasteiger partial charge in [-0.05, 0) is 42.0 Å². The Bertz CT molecular complexity index is 1140. The van der Waals surface area contributed by atoms with Crippen LogP contribution in [0, 0.1) is 5.92 Å². The molecule has 0 aliphatic heterocycles. The van der Waals surface area contributed by atoms with E-state index in [1.54, 1.807) is 6.92 Å². The number of nitrogens with one attached hydrogen (secondary N) is 2. The van der Waals surface area contributed by atoms with E-state index in [4.69, 9.17) is 4.74 Å². The molecule has 1 aliphatic rings. The molecule has 0 aromatic heterocycles. The fraction of sp³-hybridized carbons (Fsp3) is 0.276. The Balaban J connectivity index is 1.34. The Kier molecular flexibility index (Phi) is 7.93. The van der Waals surface area contributed by atoms with E-state index in [9.17, 15) is 14.4 Å². The summed E-state index contributed by atoms with van der Waals surface area (Å²) in [6, 6.07) is 25.5. The average Bonchev–Trinajstić information content (AvgIpc) is 3.33. The highest BCUT2D eigenvalue weighted by molar-refractivity contribution is 5.89. The smallest absolute Gasteiger partial charge is 0.308 e. The minimum Gasteiger partial charge on any atom is -0.461 e. The summed E-state index contributed by atoms with van der Waals surface area (Å²) in [5, 5.41) is 5.77. The number of hydrogen-bond acceptors (Lipinski definition) is 4. The maximum Gasteiger partial charge on any atom is 0.308 e. The largest absolute Gasteiger partial charge is 0.461 e. The van der Waals surface area contributed by atoms with Crippen molar-refractivity contribution >= 4 is 17.8 Å². The molecule has 0 heterocycles. The fourth-order valence-corrected chi connectivity index (χ4v) is 4.34. The summed E-state index contributed by atoms with van der Waals surface area (Å²) in [4.78, 5) is 38.4. The molecule has 3 aromatic carbocycles. The maximum atomic E-state index is 13.0. The third-order valence-corrected chi connectivity index (χ3v) is 6.31. The molecule has 3 aromatic rings. The normalized spacial score (nSPS) is 14.4. The number of carbonyl (C=O) groups excluding carboxylic acids is 3. The van der Waals surface area contributed by atoms with E-state index in [1.165, 1.54) is 11.1 Å². The van der Waals surface area contributed by atoms with Crippen molar-refractivity contribution in [2.45, 2.75) is 44.9 Å². The molecule has 2 N–H and O–H groups in total. The standard InChI is InChI=1S/C29H30N2O4/c1-20(30-29(34)25-16-23-14-8-9-15-24(23)17-25)28(33)31-26(22-12-6-3-7-13-22)18-27(32)35-19-21-10-4-2-5-11-21/h2-15,20,25-26H,16-19H2,1H3,(H,30,34)(H,31,33)/t20-,26?/m0/s1. The molecular weight excluding hydrogens is 440 g/mol. The van der Waals surface area contributed by atoms with E-state index in [2.05, 4.69) is 10.6 Å². The van der Waals surface area contributed by atoms with Crippen molar-refractivity contribution < 1.29 is 19.1 Å². The van der Waals surface area contributed by atoms with Gasteiger partial charge in [0.05, 0.1) is 12.5 Å². The van der Waals surface area contributed by atoms with Crippen LogP contribution in [-0.4, -0.2) is 23.8 Å². The van der Waals surface area contributed by atoms with Crippen molar-refractivity contribution in [2.75, 3.05) is 0 Å². The number of esters is 1. The van der Waals surface area contributed by atoms with Gasteiger partial charge in [-0.3, -0.25) is 14.4 Å². The monoisotopic (exact) mass is 470 g/mol. The summed E-state index contributed by atoms with van der Waals surface area (Å²) in [5.74, 6) is -1.08. The number of ether oxygens (including phenoxy) is 1. The van der Waals surface area contributed by atoms with E-state index in [0.717, 1.165) is 11.1 Å². The van der Waals surface area contributed by atoms with Gasteiger partial charge in [0, 0.05) is 5.92 Å². The summed E-state index contributed by atoms with van der Waals surface area (Å²) in [7, 11) is 0. The maximum absolute atomic E-state index is 13.0. The van der Waals surface area contributed by atoms with Crippen molar-refractivity contribution in [2.24, 2.45) is 5.92 Å². The van der Waals surface area contributed by atoms with E-state index >= 15 is 0 Å². The zero-order chi connectivity index (χ0) is 24.6. The molecule has 180 valence electrons. The first-order chi connectivity index (χ1) is 17.0. The molecular formula is C29H30N2O4. The molecule has 1 aliphatic carbocycles. The predicted molar refractivity (Wildman–Crippen MR) is 133 cm³/mol. The first-order valence-corrected chi connectivity index (χ1v) is 11.9. The highest BCUT2D eigenvalue weighted by Crippen LogP contribution is 2.26. The van der Waals surface area contributed by atoms with Gasteiger partial charge in [0.2, 0.25) is 11.8 Å². The van der Waals surface area contributed by atoms with E-state index in [0.29, 0.717) is 12.8 Å². The van der Waals surface area contributed by atoms with Crippen molar-refractivity contribution in [3.05, 3.63) is 107 Å². The number of benzene rings is 3. The molecule has 0 radical (unpaired) electrons. The van der Waals surface area contributed by atoms with Crippen molar-refractivity contribution in [1.29, 1.82) is 0 Å². The van der Waals surface area contributed by atoms with Crippen LogP contribution >= 0.6 is 0 Å². The zero-order valence-electron chi connectivity index (χ0n) is 19.8. The third kappa shape index (κ3) is 6.57. The molecule has 0 spiro atoms. The lowest BCUT2D eigenvalue weighted by molar-refractivity contribution is -0.145. The third-order valence-electron chi connectivity index (χ3n) is 6.31. The van der Waals surface area contributed by atoms with Crippen molar-refractivity contribution in [3.8, 4) is 0 Å². The predicted octanol–water partition coefficient (Wildman–Crippen LogP) is 3.90. The molecule has 35 heavy (non-hydrogen) atoms. The van der Waals surface area contributed by atoms with Crippen molar-refractivity contribution in [3.63, 3.8) is 0 Å². The summed E-state index contributed by atoms with van der Waals surface area (Å²) in [6.07, 6.45) is 1.34. The summed E-state index contributed by atoms with van der Waals surface area (Å²) in [6.45, 7) is 1.83. The van der Waals surface area contributed by atoms with E-state index in [1.807, 2.05) is 84.9 Å². The van der Waals surface area contributed by atoms with Crippen LogP contribution < -0.4 is 10.6 Å². The first-order valence-electron chi connectivity index (χ1n) is 11.9. The van der Waals surface area contributed by atoms with Crippen LogP contribution in [0.4, 0.5) is 0 Å². The second kappa shape index (κ2) is 11.5. The van der Waals surface area contributed by atoms with Crippen LogP contribution in [0.1, 0.15) is 41.6 Å². The number of hydrogen-bond donors (Lipinski definition) is 2. The summed E-state index contributed by atoms with van der Waals surface area (Å²) < 4.78 is 5.42. The molecule has 6 heteroatoms. The molecule has 1 unspecified atom stereocenters. The molecule has 2 atom stereocenters. The highest BCUT2D eigenvalue weighted by Gasteiger charge is 2.30.